The molecule has 0 heterocycles. The van der Waals surface area contributed by atoms with E-state index in [2.05, 4.69) is 10.6 Å². The first-order valence-corrected chi connectivity index (χ1v) is 9.11. The molecule has 150 valence electrons. The van der Waals surface area contributed by atoms with Crippen molar-refractivity contribution in [1.82, 2.24) is 10.6 Å². The SMILES string of the molecule is COc1ccc(CNC(=O)C(C)(C)C(=O)NCc2cccc(C)c2)cc1OC. The maximum Gasteiger partial charge on any atom is 0.235 e. The van der Waals surface area contributed by atoms with Gasteiger partial charge in [-0.05, 0) is 44.0 Å². The van der Waals surface area contributed by atoms with Crippen LogP contribution >= 0.6 is 0 Å². The molecule has 0 saturated carbocycles. The fourth-order valence-electron chi connectivity index (χ4n) is 2.72. The van der Waals surface area contributed by atoms with E-state index in [1.165, 1.54) is 0 Å². The maximum atomic E-state index is 12.6. The highest BCUT2D eigenvalue weighted by atomic mass is 16.5. The second-order valence-corrected chi connectivity index (χ2v) is 7.17. The molecule has 0 saturated heterocycles. The summed E-state index contributed by atoms with van der Waals surface area (Å²) in [6.45, 7) is 5.89. The summed E-state index contributed by atoms with van der Waals surface area (Å²) in [5, 5.41) is 5.66. The molecule has 2 rings (SSSR count). The Bertz CT molecular complexity index is 846. The Morgan fingerprint density at radius 3 is 1.96 bits per heavy atom. The molecule has 0 spiro atoms. The van der Waals surface area contributed by atoms with Crippen LogP contribution in [0.5, 0.6) is 11.5 Å². The molecule has 6 nitrogen and oxygen atoms in total. The predicted molar refractivity (Wildman–Crippen MR) is 108 cm³/mol. The Hall–Kier alpha value is -3.02. The van der Waals surface area contributed by atoms with Crippen molar-refractivity contribution in [3.63, 3.8) is 0 Å². The van der Waals surface area contributed by atoms with Crippen molar-refractivity contribution in [3.8, 4) is 11.5 Å². The Morgan fingerprint density at radius 1 is 0.857 bits per heavy atom. The second kappa shape index (κ2) is 9.26. The molecule has 0 aliphatic heterocycles. The van der Waals surface area contributed by atoms with Gasteiger partial charge in [0.1, 0.15) is 5.41 Å². The highest BCUT2D eigenvalue weighted by molar-refractivity contribution is 6.04. The van der Waals surface area contributed by atoms with E-state index in [0.717, 1.165) is 16.7 Å². The van der Waals surface area contributed by atoms with Crippen LogP contribution in [0.3, 0.4) is 0 Å². The van der Waals surface area contributed by atoms with Crippen LogP contribution in [0.2, 0.25) is 0 Å². The third-order valence-corrected chi connectivity index (χ3v) is 4.57. The van der Waals surface area contributed by atoms with E-state index >= 15 is 0 Å². The highest BCUT2D eigenvalue weighted by Crippen LogP contribution is 2.27. The number of carbonyl (C=O) groups is 2. The van der Waals surface area contributed by atoms with Crippen molar-refractivity contribution < 1.29 is 19.1 Å². The van der Waals surface area contributed by atoms with Gasteiger partial charge in [-0.3, -0.25) is 9.59 Å². The number of rotatable bonds is 8. The first-order valence-electron chi connectivity index (χ1n) is 9.11. The number of methoxy groups -OCH3 is 2. The lowest BCUT2D eigenvalue weighted by Gasteiger charge is -2.23. The van der Waals surface area contributed by atoms with Gasteiger partial charge in [0.2, 0.25) is 11.8 Å². The number of benzene rings is 2. The van der Waals surface area contributed by atoms with Gasteiger partial charge in [0.05, 0.1) is 14.2 Å². The van der Waals surface area contributed by atoms with E-state index in [0.29, 0.717) is 18.0 Å². The first-order chi connectivity index (χ1) is 13.3. The predicted octanol–water partition coefficient (Wildman–Crippen LogP) is 2.97. The molecule has 0 bridgehead atoms. The minimum absolute atomic E-state index is 0.285. The number of amides is 2. The molecule has 0 atom stereocenters. The van der Waals surface area contributed by atoms with Gasteiger partial charge in [0, 0.05) is 13.1 Å². The first kappa shape index (κ1) is 21.3. The Kier molecular flexibility index (Phi) is 7.04. The highest BCUT2D eigenvalue weighted by Gasteiger charge is 2.35. The average Bonchev–Trinajstić information content (AvgIpc) is 2.69. The van der Waals surface area contributed by atoms with Gasteiger partial charge in [0.25, 0.3) is 0 Å². The van der Waals surface area contributed by atoms with E-state index in [1.807, 2.05) is 37.3 Å². The molecule has 6 heteroatoms. The number of nitrogens with one attached hydrogen (secondary N) is 2. The Balaban J connectivity index is 1.95. The molecule has 0 aliphatic rings. The van der Waals surface area contributed by atoms with Crippen LogP contribution in [-0.2, 0) is 22.7 Å². The Labute approximate surface area is 166 Å². The van der Waals surface area contributed by atoms with E-state index in [4.69, 9.17) is 9.47 Å². The molecule has 2 aromatic rings. The van der Waals surface area contributed by atoms with Gasteiger partial charge in [-0.15, -0.1) is 0 Å². The van der Waals surface area contributed by atoms with Crippen molar-refractivity contribution in [2.45, 2.75) is 33.9 Å². The van der Waals surface area contributed by atoms with Crippen molar-refractivity contribution in [3.05, 3.63) is 59.2 Å². The van der Waals surface area contributed by atoms with E-state index in [-0.39, 0.29) is 18.4 Å². The largest absolute Gasteiger partial charge is 0.493 e. The van der Waals surface area contributed by atoms with Gasteiger partial charge in [0.15, 0.2) is 11.5 Å². The summed E-state index contributed by atoms with van der Waals surface area (Å²) in [7, 11) is 3.12. The number of ether oxygens (including phenoxy) is 2. The minimum Gasteiger partial charge on any atom is -0.493 e. The van der Waals surface area contributed by atoms with Crippen LogP contribution in [0.25, 0.3) is 0 Å². The minimum atomic E-state index is -1.19. The van der Waals surface area contributed by atoms with E-state index in [1.54, 1.807) is 40.2 Å². The van der Waals surface area contributed by atoms with Crippen LogP contribution in [0.4, 0.5) is 0 Å². The molecule has 28 heavy (non-hydrogen) atoms. The lowest BCUT2D eigenvalue weighted by Crippen LogP contribution is -2.47. The molecule has 2 N–H and O–H groups in total. The second-order valence-electron chi connectivity index (χ2n) is 7.17. The fourth-order valence-corrected chi connectivity index (χ4v) is 2.72. The van der Waals surface area contributed by atoms with Crippen LogP contribution in [0.1, 0.15) is 30.5 Å². The Morgan fingerprint density at radius 2 is 1.43 bits per heavy atom. The smallest absolute Gasteiger partial charge is 0.235 e. The van der Waals surface area contributed by atoms with Gasteiger partial charge >= 0.3 is 0 Å². The normalized spacial score (nSPS) is 10.9. The molecular formula is C22H28N2O4. The van der Waals surface area contributed by atoms with Gasteiger partial charge < -0.3 is 20.1 Å². The lowest BCUT2D eigenvalue weighted by molar-refractivity contribution is -0.141. The topological polar surface area (TPSA) is 76.7 Å². The summed E-state index contributed by atoms with van der Waals surface area (Å²) < 4.78 is 10.5. The van der Waals surface area contributed by atoms with Crippen LogP contribution in [0.15, 0.2) is 42.5 Å². The number of hydrogen-bond donors (Lipinski definition) is 2. The van der Waals surface area contributed by atoms with Gasteiger partial charge in [-0.1, -0.05) is 35.9 Å². The van der Waals surface area contributed by atoms with Crippen LogP contribution in [0, 0.1) is 12.3 Å². The molecule has 0 aromatic heterocycles. The molecule has 2 amide bonds. The molecule has 0 fully saturated rings. The van der Waals surface area contributed by atoms with E-state index < -0.39 is 5.41 Å². The quantitative estimate of drug-likeness (QED) is 0.686. The third-order valence-electron chi connectivity index (χ3n) is 4.57. The van der Waals surface area contributed by atoms with Crippen molar-refractivity contribution >= 4 is 11.8 Å². The molecule has 0 radical (unpaired) electrons. The number of hydrogen-bond acceptors (Lipinski definition) is 4. The van der Waals surface area contributed by atoms with Gasteiger partial charge in [-0.2, -0.15) is 0 Å². The summed E-state index contributed by atoms with van der Waals surface area (Å²) >= 11 is 0. The molecular weight excluding hydrogens is 356 g/mol. The summed E-state index contributed by atoms with van der Waals surface area (Å²) in [6.07, 6.45) is 0. The monoisotopic (exact) mass is 384 g/mol. The zero-order valence-corrected chi connectivity index (χ0v) is 17.1. The summed E-state index contributed by atoms with van der Waals surface area (Å²) in [4.78, 5) is 25.1. The molecule has 0 unspecified atom stereocenters. The van der Waals surface area contributed by atoms with Crippen LogP contribution in [-0.4, -0.2) is 26.0 Å². The maximum absolute atomic E-state index is 12.6. The van der Waals surface area contributed by atoms with Crippen molar-refractivity contribution in [2.24, 2.45) is 5.41 Å². The molecule has 2 aromatic carbocycles. The number of aryl methyl sites for hydroxylation is 1. The average molecular weight is 384 g/mol. The zero-order chi connectivity index (χ0) is 20.7. The van der Waals surface area contributed by atoms with Crippen molar-refractivity contribution in [2.75, 3.05) is 14.2 Å². The van der Waals surface area contributed by atoms with Gasteiger partial charge in [-0.25, -0.2) is 0 Å². The lowest BCUT2D eigenvalue weighted by atomic mass is 9.91. The zero-order valence-electron chi connectivity index (χ0n) is 17.1. The van der Waals surface area contributed by atoms with E-state index in [9.17, 15) is 9.59 Å². The third kappa shape index (κ3) is 5.25. The number of carbonyl (C=O) groups excluding carboxylic acids is 2. The molecule has 0 aliphatic carbocycles. The summed E-state index contributed by atoms with van der Waals surface area (Å²) in [5.74, 6) is 0.542. The summed E-state index contributed by atoms with van der Waals surface area (Å²) in [5.41, 5.74) is 1.77. The van der Waals surface area contributed by atoms with Crippen molar-refractivity contribution in [1.29, 1.82) is 0 Å². The van der Waals surface area contributed by atoms with Crippen LogP contribution < -0.4 is 20.1 Å². The standard InChI is InChI=1S/C22H28N2O4/c1-15-7-6-8-16(11-15)13-23-20(25)22(2,3)21(26)24-14-17-9-10-18(27-4)19(12-17)28-5/h6-12H,13-14H2,1-5H3,(H,23,25)(H,24,26). The fraction of sp³-hybridized carbons (Fsp3) is 0.364. The summed E-state index contributed by atoms with van der Waals surface area (Å²) in [6, 6.07) is 13.3.